The fraction of sp³-hybridized carbons (Fsp3) is 0.565. The van der Waals surface area contributed by atoms with Crippen molar-refractivity contribution in [3.63, 3.8) is 0 Å². The molecule has 0 spiro atoms. The first-order chi connectivity index (χ1) is 14.3. The summed E-state index contributed by atoms with van der Waals surface area (Å²) in [6.07, 6.45) is 4.92. The second-order valence-electron chi connectivity index (χ2n) is 8.30. The lowest BCUT2D eigenvalue weighted by atomic mass is 9.86. The molecular formula is C23H30N2O5. The molecule has 162 valence electrons. The smallest absolute Gasteiger partial charge is 0.338 e. The Hall–Kier alpha value is -2.70. The molecule has 1 saturated carbocycles. The lowest BCUT2D eigenvalue weighted by Crippen LogP contribution is -2.46. The van der Waals surface area contributed by atoms with Gasteiger partial charge in [0.25, 0.3) is 17.7 Å². The number of fused-ring (bicyclic) bond motifs is 1. The van der Waals surface area contributed by atoms with Gasteiger partial charge in [-0.1, -0.05) is 33.1 Å². The van der Waals surface area contributed by atoms with Gasteiger partial charge in [0.1, 0.15) is 0 Å². The van der Waals surface area contributed by atoms with E-state index in [4.69, 9.17) is 4.74 Å². The maximum Gasteiger partial charge on any atom is 0.338 e. The highest BCUT2D eigenvalue weighted by Crippen LogP contribution is 2.26. The van der Waals surface area contributed by atoms with Gasteiger partial charge in [-0.2, -0.15) is 0 Å². The van der Waals surface area contributed by atoms with Crippen LogP contribution in [-0.4, -0.2) is 47.3 Å². The van der Waals surface area contributed by atoms with Gasteiger partial charge in [-0.15, -0.1) is 0 Å². The molecule has 1 aliphatic heterocycles. The summed E-state index contributed by atoms with van der Waals surface area (Å²) in [5.74, 6) is -1.33. The number of hydrogen-bond acceptors (Lipinski definition) is 5. The molecule has 2 aliphatic rings. The van der Waals surface area contributed by atoms with E-state index in [1.807, 2.05) is 6.92 Å². The van der Waals surface area contributed by atoms with Crippen LogP contribution in [0.2, 0.25) is 0 Å². The van der Waals surface area contributed by atoms with E-state index in [0.717, 1.165) is 32.1 Å². The van der Waals surface area contributed by atoms with E-state index in [1.54, 1.807) is 0 Å². The molecule has 1 heterocycles. The van der Waals surface area contributed by atoms with Crippen molar-refractivity contribution in [3.8, 4) is 0 Å². The van der Waals surface area contributed by atoms with Gasteiger partial charge in [0.05, 0.1) is 16.7 Å². The molecule has 0 bridgehead atoms. The average molecular weight is 415 g/mol. The molecule has 0 unspecified atom stereocenters. The molecule has 0 radical (unpaired) electrons. The van der Waals surface area contributed by atoms with Crippen molar-refractivity contribution >= 4 is 23.7 Å². The fourth-order valence-electron chi connectivity index (χ4n) is 4.05. The van der Waals surface area contributed by atoms with Crippen molar-refractivity contribution in [1.82, 2.24) is 10.2 Å². The largest absolute Gasteiger partial charge is 0.449 e. The van der Waals surface area contributed by atoms with Crippen LogP contribution in [0.15, 0.2) is 18.2 Å². The van der Waals surface area contributed by atoms with Crippen LogP contribution in [0.4, 0.5) is 0 Å². The van der Waals surface area contributed by atoms with Gasteiger partial charge in [0.2, 0.25) is 0 Å². The van der Waals surface area contributed by atoms with Gasteiger partial charge in [0, 0.05) is 12.6 Å². The first-order valence-corrected chi connectivity index (χ1v) is 10.8. The van der Waals surface area contributed by atoms with Crippen LogP contribution >= 0.6 is 0 Å². The number of carbonyl (C=O) groups is 4. The number of esters is 1. The molecule has 1 N–H and O–H groups in total. The lowest BCUT2D eigenvalue weighted by molar-refractivity contribution is -0.130. The fourth-order valence-corrected chi connectivity index (χ4v) is 4.05. The van der Waals surface area contributed by atoms with Crippen LogP contribution in [0.5, 0.6) is 0 Å². The molecule has 3 amide bonds. The molecule has 0 saturated heterocycles. The van der Waals surface area contributed by atoms with E-state index in [1.165, 1.54) is 36.4 Å². The number of benzene rings is 1. The number of hydrogen-bond donors (Lipinski definition) is 1. The topological polar surface area (TPSA) is 92.8 Å². The number of unbranched alkanes of at least 4 members (excludes halogenated alkanes) is 1. The van der Waals surface area contributed by atoms with E-state index < -0.39 is 18.0 Å². The second-order valence-corrected chi connectivity index (χ2v) is 8.30. The molecule has 3 atom stereocenters. The number of ether oxygens (including phenoxy) is 1. The number of imide groups is 1. The molecule has 7 heteroatoms. The Bertz CT molecular complexity index is 850. The summed E-state index contributed by atoms with van der Waals surface area (Å²) in [6.45, 7) is 6.00. The number of nitrogens with one attached hydrogen (secondary N) is 1. The molecule has 3 rings (SSSR count). The quantitative estimate of drug-likeness (QED) is 0.546. The van der Waals surface area contributed by atoms with E-state index in [9.17, 15) is 19.2 Å². The molecule has 1 fully saturated rings. The molecular weight excluding hydrogens is 384 g/mol. The summed E-state index contributed by atoms with van der Waals surface area (Å²) in [4.78, 5) is 51.2. The van der Waals surface area contributed by atoms with Crippen molar-refractivity contribution < 1.29 is 23.9 Å². The Kier molecular flexibility index (Phi) is 6.90. The van der Waals surface area contributed by atoms with Crippen molar-refractivity contribution in [3.05, 3.63) is 34.9 Å². The highest BCUT2D eigenvalue weighted by Gasteiger charge is 2.36. The van der Waals surface area contributed by atoms with Crippen LogP contribution in [0.3, 0.4) is 0 Å². The molecule has 1 aromatic carbocycles. The Morgan fingerprint density at radius 3 is 2.57 bits per heavy atom. The first kappa shape index (κ1) is 22.0. The number of nitrogens with zero attached hydrogens (tertiary/aromatic N) is 1. The van der Waals surface area contributed by atoms with E-state index in [2.05, 4.69) is 12.2 Å². The zero-order chi connectivity index (χ0) is 21.8. The Labute approximate surface area is 177 Å². The Morgan fingerprint density at radius 1 is 1.17 bits per heavy atom. The van der Waals surface area contributed by atoms with Crippen molar-refractivity contribution in [1.29, 1.82) is 0 Å². The minimum atomic E-state index is -0.946. The SMILES string of the molecule is CCCCN1C(=O)c2ccc(C(=O)O[C@@H](C)C(=O)N[C@H]3CCCC[C@@H]3C)cc2C1=O. The van der Waals surface area contributed by atoms with Gasteiger partial charge >= 0.3 is 5.97 Å². The van der Waals surface area contributed by atoms with Crippen molar-refractivity contribution in [2.24, 2.45) is 5.92 Å². The summed E-state index contributed by atoms with van der Waals surface area (Å²) < 4.78 is 5.33. The van der Waals surface area contributed by atoms with E-state index in [0.29, 0.717) is 18.0 Å². The summed E-state index contributed by atoms with van der Waals surface area (Å²) in [7, 11) is 0. The summed E-state index contributed by atoms with van der Waals surface area (Å²) in [5.41, 5.74) is 0.654. The monoisotopic (exact) mass is 414 g/mol. The summed E-state index contributed by atoms with van der Waals surface area (Å²) >= 11 is 0. The number of amides is 3. The Morgan fingerprint density at radius 2 is 1.87 bits per heavy atom. The second kappa shape index (κ2) is 9.41. The highest BCUT2D eigenvalue weighted by molar-refractivity contribution is 6.22. The van der Waals surface area contributed by atoms with E-state index in [-0.39, 0.29) is 29.0 Å². The van der Waals surface area contributed by atoms with Crippen LogP contribution in [0.1, 0.15) is 90.4 Å². The minimum Gasteiger partial charge on any atom is -0.449 e. The standard InChI is InChI=1S/C23H30N2O5/c1-4-5-12-25-21(27)17-11-10-16(13-18(17)22(25)28)23(29)30-15(3)20(26)24-19-9-7-6-8-14(19)2/h10-11,13-15,19H,4-9,12H2,1-3H3,(H,24,26)/t14-,15-,19-/m0/s1. The lowest BCUT2D eigenvalue weighted by Gasteiger charge is -2.30. The third-order valence-electron chi connectivity index (χ3n) is 6.03. The zero-order valence-electron chi connectivity index (χ0n) is 17.9. The van der Waals surface area contributed by atoms with Crippen LogP contribution in [0.25, 0.3) is 0 Å². The third kappa shape index (κ3) is 4.55. The maximum atomic E-state index is 12.6. The van der Waals surface area contributed by atoms with Crippen molar-refractivity contribution in [2.75, 3.05) is 6.54 Å². The van der Waals surface area contributed by atoms with Crippen molar-refractivity contribution in [2.45, 2.75) is 71.4 Å². The van der Waals surface area contributed by atoms with E-state index >= 15 is 0 Å². The zero-order valence-corrected chi connectivity index (χ0v) is 17.9. The summed E-state index contributed by atoms with van der Waals surface area (Å²) in [5, 5.41) is 2.98. The third-order valence-corrected chi connectivity index (χ3v) is 6.03. The first-order valence-electron chi connectivity index (χ1n) is 10.8. The van der Waals surface area contributed by atoms with Gasteiger partial charge in [0.15, 0.2) is 6.10 Å². The average Bonchev–Trinajstić information content (AvgIpc) is 2.97. The number of carbonyl (C=O) groups excluding carboxylic acids is 4. The van der Waals surface area contributed by atoms with Gasteiger partial charge < -0.3 is 10.1 Å². The minimum absolute atomic E-state index is 0.102. The van der Waals surface area contributed by atoms with Gasteiger partial charge in [-0.3, -0.25) is 19.3 Å². The molecule has 1 aliphatic carbocycles. The van der Waals surface area contributed by atoms with Crippen LogP contribution in [-0.2, 0) is 9.53 Å². The van der Waals surface area contributed by atoms with Crippen LogP contribution in [0, 0.1) is 5.92 Å². The molecule has 30 heavy (non-hydrogen) atoms. The predicted octanol–water partition coefficient (Wildman–Crippen LogP) is 3.32. The molecule has 7 nitrogen and oxygen atoms in total. The number of rotatable bonds is 7. The maximum absolute atomic E-state index is 12.6. The molecule has 0 aromatic heterocycles. The summed E-state index contributed by atoms with van der Waals surface area (Å²) in [6, 6.07) is 4.43. The highest BCUT2D eigenvalue weighted by atomic mass is 16.5. The van der Waals surface area contributed by atoms with Gasteiger partial charge in [-0.25, -0.2) is 4.79 Å². The normalized spacial score (nSPS) is 21.9. The Balaban J connectivity index is 1.64. The van der Waals surface area contributed by atoms with Crippen LogP contribution < -0.4 is 5.32 Å². The predicted molar refractivity (Wildman–Crippen MR) is 111 cm³/mol. The molecule has 1 aromatic rings. The van der Waals surface area contributed by atoms with Gasteiger partial charge in [-0.05, 0) is 50.3 Å².